The first-order valence-corrected chi connectivity index (χ1v) is 11.9. The Balaban J connectivity index is 1.53. The fourth-order valence-corrected chi connectivity index (χ4v) is 4.31. The molecule has 1 unspecified atom stereocenters. The smallest absolute Gasteiger partial charge is 0.220 e. The van der Waals surface area contributed by atoms with Crippen LogP contribution < -0.4 is 5.32 Å². The molecule has 1 aliphatic carbocycles. The van der Waals surface area contributed by atoms with Gasteiger partial charge in [-0.1, -0.05) is 24.3 Å². The Hall–Kier alpha value is -2.47. The Labute approximate surface area is 172 Å². The molecule has 29 heavy (non-hydrogen) atoms. The number of nitrogens with one attached hydrogen (secondary N) is 1. The molecule has 2 aromatic rings. The molecular weight excluding hydrogens is 386 g/mol. The number of ketones is 1. The first-order valence-electron chi connectivity index (χ1n) is 9.98. The van der Waals surface area contributed by atoms with Crippen LogP contribution >= 0.6 is 0 Å². The van der Waals surface area contributed by atoms with Gasteiger partial charge in [0.2, 0.25) is 5.91 Å². The van der Waals surface area contributed by atoms with E-state index in [1.807, 2.05) is 25.1 Å². The third kappa shape index (κ3) is 5.54. The fraction of sp³-hybridized carbons (Fsp3) is 0.391. The van der Waals surface area contributed by atoms with Gasteiger partial charge in [-0.15, -0.1) is 0 Å². The van der Waals surface area contributed by atoms with Crippen molar-refractivity contribution in [2.45, 2.75) is 56.4 Å². The van der Waals surface area contributed by atoms with Crippen LogP contribution in [0.4, 0.5) is 0 Å². The lowest BCUT2D eigenvalue weighted by Gasteiger charge is -2.16. The highest BCUT2D eigenvalue weighted by Gasteiger charge is 2.16. The van der Waals surface area contributed by atoms with E-state index >= 15 is 0 Å². The van der Waals surface area contributed by atoms with Crippen molar-refractivity contribution in [3.63, 3.8) is 0 Å². The van der Waals surface area contributed by atoms with Crippen LogP contribution in [0.25, 0.3) is 0 Å². The summed E-state index contributed by atoms with van der Waals surface area (Å²) in [5.41, 5.74) is 4.09. The van der Waals surface area contributed by atoms with Crippen LogP contribution in [0.3, 0.4) is 0 Å². The van der Waals surface area contributed by atoms with Crippen LogP contribution in [-0.2, 0) is 27.5 Å². The van der Waals surface area contributed by atoms with Crippen LogP contribution in [0.1, 0.15) is 65.7 Å². The predicted octanol–water partition coefficient (Wildman–Crippen LogP) is 3.81. The number of carbonyl (C=O) groups is 2. The Kier molecular flexibility index (Phi) is 6.52. The molecule has 0 radical (unpaired) electrons. The second-order valence-corrected chi connectivity index (χ2v) is 9.76. The summed E-state index contributed by atoms with van der Waals surface area (Å²) in [6, 6.07) is 12.1. The van der Waals surface area contributed by atoms with E-state index in [0.29, 0.717) is 5.56 Å². The van der Waals surface area contributed by atoms with Crippen LogP contribution in [0.15, 0.2) is 47.4 Å². The summed E-state index contributed by atoms with van der Waals surface area (Å²) < 4.78 is 23.1. The lowest BCUT2D eigenvalue weighted by Crippen LogP contribution is -2.27. The first-order chi connectivity index (χ1) is 13.7. The highest BCUT2D eigenvalue weighted by Crippen LogP contribution is 2.23. The van der Waals surface area contributed by atoms with Crippen molar-refractivity contribution >= 4 is 21.5 Å². The van der Waals surface area contributed by atoms with E-state index in [2.05, 4.69) is 5.32 Å². The minimum atomic E-state index is -3.24. The highest BCUT2D eigenvalue weighted by molar-refractivity contribution is 7.90. The lowest BCUT2D eigenvalue weighted by atomic mass is 9.89. The number of carbonyl (C=O) groups excluding carboxylic acids is 2. The van der Waals surface area contributed by atoms with E-state index in [4.69, 9.17) is 0 Å². The molecule has 1 atom stereocenters. The molecule has 0 spiro atoms. The van der Waals surface area contributed by atoms with Crippen molar-refractivity contribution in [3.05, 3.63) is 64.7 Å². The number of sulfone groups is 1. The van der Waals surface area contributed by atoms with Crippen molar-refractivity contribution in [1.82, 2.24) is 5.32 Å². The minimum absolute atomic E-state index is 0.0151. The molecule has 1 aliphatic rings. The van der Waals surface area contributed by atoms with Crippen molar-refractivity contribution < 1.29 is 18.0 Å². The molecule has 154 valence electrons. The van der Waals surface area contributed by atoms with Crippen molar-refractivity contribution in [2.24, 2.45) is 0 Å². The number of aryl methyl sites for hydroxylation is 2. The third-order valence-corrected chi connectivity index (χ3v) is 6.56. The Morgan fingerprint density at radius 1 is 0.966 bits per heavy atom. The van der Waals surface area contributed by atoms with E-state index in [0.717, 1.165) is 31.1 Å². The normalized spacial score (nSPS) is 14.7. The maximum atomic E-state index is 12.5. The SMILES string of the molecule is CC(NC(=O)CCC(=O)c1ccc2c(c1)CCCC2)c1ccc(S(C)(=O)=O)cc1. The van der Waals surface area contributed by atoms with E-state index in [1.54, 1.807) is 12.1 Å². The van der Waals surface area contributed by atoms with Gasteiger partial charge in [0.25, 0.3) is 0 Å². The average molecular weight is 414 g/mol. The molecule has 0 fully saturated rings. The van der Waals surface area contributed by atoms with Gasteiger partial charge in [-0.25, -0.2) is 8.42 Å². The zero-order chi connectivity index (χ0) is 21.0. The van der Waals surface area contributed by atoms with Crippen molar-refractivity contribution in [2.75, 3.05) is 6.26 Å². The molecule has 5 nitrogen and oxygen atoms in total. The summed E-state index contributed by atoms with van der Waals surface area (Å²) in [5.74, 6) is -0.213. The molecule has 0 aliphatic heterocycles. The van der Waals surface area contributed by atoms with Gasteiger partial charge in [0.1, 0.15) is 0 Å². The molecule has 0 saturated carbocycles. The summed E-state index contributed by atoms with van der Waals surface area (Å²) in [4.78, 5) is 25.0. The largest absolute Gasteiger partial charge is 0.350 e. The number of fused-ring (bicyclic) bond motifs is 1. The van der Waals surface area contributed by atoms with Gasteiger partial charge in [0, 0.05) is 24.7 Å². The minimum Gasteiger partial charge on any atom is -0.350 e. The second kappa shape index (κ2) is 8.91. The third-order valence-electron chi connectivity index (χ3n) is 5.44. The van der Waals surface area contributed by atoms with E-state index in [9.17, 15) is 18.0 Å². The lowest BCUT2D eigenvalue weighted by molar-refractivity contribution is -0.121. The summed E-state index contributed by atoms with van der Waals surface area (Å²) in [6.07, 6.45) is 5.92. The maximum Gasteiger partial charge on any atom is 0.220 e. The van der Waals surface area contributed by atoms with Crippen molar-refractivity contribution in [3.8, 4) is 0 Å². The zero-order valence-corrected chi connectivity index (χ0v) is 17.7. The standard InChI is InChI=1S/C23H27NO4S/c1-16(17-9-11-21(12-10-17)29(2,27)28)24-23(26)14-13-22(25)20-8-7-18-5-3-4-6-19(18)15-20/h7-12,15-16H,3-6,13-14H2,1-2H3,(H,24,26). The van der Waals surface area contributed by atoms with Crippen LogP contribution in [0, 0.1) is 0 Å². The van der Waals surface area contributed by atoms with Crippen LogP contribution in [0.5, 0.6) is 0 Å². The Bertz CT molecular complexity index is 1010. The first kappa shape index (κ1) is 21.2. The molecular formula is C23H27NO4S. The summed E-state index contributed by atoms with van der Waals surface area (Å²) >= 11 is 0. The maximum absolute atomic E-state index is 12.5. The molecule has 3 rings (SSSR count). The topological polar surface area (TPSA) is 80.3 Å². The zero-order valence-electron chi connectivity index (χ0n) is 16.9. The Morgan fingerprint density at radius 3 is 2.28 bits per heavy atom. The summed E-state index contributed by atoms with van der Waals surface area (Å²) in [6.45, 7) is 1.83. The van der Waals surface area contributed by atoms with E-state index in [-0.39, 0.29) is 35.5 Å². The number of rotatable bonds is 7. The van der Waals surface area contributed by atoms with E-state index < -0.39 is 9.84 Å². The number of benzene rings is 2. The number of hydrogen-bond acceptors (Lipinski definition) is 4. The molecule has 1 N–H and O–H groups in total. The quantitative estimate of drug-likeness (QED) is 0.700. The van der Waals surface area contributed by atoms with E-state index in [1.165, 1.54) is 29.7 Å². The molecule has 0 heterocycles. The molecule has 0 saturated heterocycles. The number of Topliss-reactive ketones (excluding diaryl/α,β-unsaturated/α-hetero) is 1. The average Bonchev–Trinajstić information content (AvgIpc) is 2.71. The van der Waals surface area contributed by atoms with Gasteiger partial charge in [-0.2, -0.15) is 0 Å². The monoisotopic (exact) mass is 413 g/mol. The van der Waals surface area contributed by atoms with Gasteiger partial charge in [0.05, 0.1) is 10.9 Å². The Morgan fingerprint density at radius 2 is 1.62 bits per heavy atom. The second-order valence-electron chi connectivity index (χ2n) is 7.74. The van der Waals surface area contributed by atoms with Crippen LogP contribution in [-0.4, -0.2) is 26.4 Å². The van der Waals surface area contributed by atoms with Gasteiger partial charge in [-0.3, -0.25) is 9.59 Å². The molecule has 0 bridgehead atoms. The van der Waals surface area contributed by atoms with Crippen molar-refractivity contribution in [1.29, 1.82) is 0 Å². The molecule has 0 aromatic heterocycles. The van der Waals surface area contributed by atoms with Gasteiger partial charge >= 0.3 is 0 Å². The van der Waals surface area contributed by atoms with Gasteiger partial charge < -0.3 is 5.32 Å². The van der Waals surface area contributed by atoms with Gasteiger partial charge in [-0.05, 0) is 67.5 Å². The molecule has 6 heteroatoms. The number of hydrogen-bond donors (Lipinski definition) is 1. The van der Waals surface area contributed by atoms with Crippen LogP contribution in [0.2, 0.25) is 0 Å². The predicted molar refractivity (Wildman–Crippen MR) is 113 cm³/mol. The van der Waals surface area contributed by atoms with Gasteiger partial charge in [0.15, 0.2) is 15.6 Å². The molecule has 2 aromatic carbocycles. The fourth-order valence-electron chi connectivity index (χ4n) is 3.68. The molecule has 1 amide bonds. The summed E-state index contributed by atoms with van der Waals surface area (Å²) in [7, 11) is -3.24. The highest BCUT2D eigenvalue weighted by atomic mass is 32.2. The summed E-state index contributed by atoms with van der Waals surface area (Å²) in [5, 5.41) is 2.87. The number of amides is 1.